The van der Waals surface area contributed by atoms with E-state index in [0.29, 0.717) is 33.9 Å². The number of carbonyl (C=O) groups excluding carboxylic acids is 1. The Kier molecular flexibility index (Phi) is 5.01. The number of benzene rings is 1. The van der Waals surface area contributed by atoms with Crippen molar-refractivity contribution in [2.24, 2.45) is 10.8 Å². The molecule has 1 saturated heterocycles. The van der Waals surface area contributed by atoms with Crippen molar-refractivity contribution in [2.45, 2.75) is 51.2 Å². The number of ether oxygens (including phenoxy) is 1. The lowest BCUT2D eigenvalue weighted by molar-refractivity contribution is -0.129. The third-order valence-electron chi connectivity index (χ3n) is 6.07. The number of nitrogens with zero attached hydrogens (tertiary/aromatic N) is 4. The van der Waals surface area contributed by atoms with Crippen LogP contribution in [0.2, 0.25) is 0 Å². The summed E-state index contributed by atoms with van der Waals surface area (Å²) in [6.07, 6.45) is 3.36. The highest BCUT2D eigenvalue weighted by Crippen LogP contribution is 2.52. The van der Waals surface area contributed by atoms with Gasteiger partial charge in [-0.05, 0) is 42.2 Å². The predicted octanol–water partition coefficient (Wildman–Crippen LogP) is 3.19. The summed E-state index contributed by atoms with van der Waals surface area (Å²) in [7, 11) is 1.61. The number of hydrogen-bond donors (Lipinski definition) is 1. The number of carbonyl (C=O) groups is 1. The second kappa shape index (κ2) is 7.23. The Hall–Kier alpha value is -2.22. The quantitative estimate of drug-likeness (QED) is 0.596. The van der Waals surface area contributed by atoms with Gasteiger partial charge in [0, 0.05) is 12.6 Å². The first kappa shape index (κ1) is 20.1. The van der Waals surface area contributed by atoms with E-state index < -0.39 is 0 Å². The fraction of sp³-hybridized carbons (Fsp3) is 0.571. The zero-order valence-electron chi connectivity index (χ0n) is 17.5. The second-order valence-electron chi connectivity index (χ2n) is 9.40. The van der Waals surface area contributed by atoms with E-state index in [2.05, 4.69) is 35.9 Å². The topological polar surface area (TPSA) is 86.3 Å². The molecule has 2 bridgehead atoms. The van der Waals surface area contributed by atoms with Gasteiger partial charge < -0.3 is 15.5 Å². The van der Waals surface area contributed by atoms with Crippen LogP contribution in [0, 0.1) is 10.8 Å². The van der Waals surface area contributed by atoms with E-state index in [1.807, 2.05) is 24.3 Å². The van der Waals surface area contributed by atoms with E-state index in [-0.39, 0.29) is 11.3 Å². The van der Waals surface area contributed by atoms with Gasteiger partial charge in [0.2, 0.25) is 11.1 Å². The maximum atomic E-state index is 13.0. The van der Waals surface area contributed by atoms with Gasteiger partial charge in [-0.25, -0.2) is 4.68 Å². The molecule has 1 saturated carbocycles. The molecule has 7 nitrogen and oxygen atoms in total. The summed E-state index contributed by atoms with van der Waals surface area (Å²) in [6, 6.07) is 7.88. The van der Waals surface area contributed by atoms with Gasteiger partial charge in [-0.1, -0.05) is 44.7 Å². The van der Waals surface area contributed by atoms with Gasteiger partial charge in [0.25, 0.3) is 0 Å². The number of rotatable bonds is 5. The Balaban J connectivity index is 1.45. The molecular weight excluding hydrogens is 386 g/mol. The minimum absolute atomic E-state index is 0.156. The number of nitrogens with two attached hydrogens (primary N) is 1. The standard InChI is InChI=1S/C21H29N5O2S/c1-20(2)9-14-10-21(3,12-20)13-25(14)17(27)11-29-19-24-23-18(26(19)22)15-7-5-6-8-16(15)28-4/h5-8,14H,9-13,22H2,1-4H3. The van der Waals surface area contributed by atoms with Crippen molar-refractivity contribution in [3.05, 3.63) is 24.3 Å². The summed E-state index contributed by atoms with van der Waals surface area (Å²) in [5, 5.41) is 8.93. The minimum atomic E-state index is 0.156. The average Bonchev–Trinajstić information content (AvgIpc) is 3.15. The van der Waals surface area contributed by atoms with Crippen LogP contribution in [0.25, 0.3) is 11.4 Å². The molecule has 2 aliphatic rings. The van der Waals surface area contributed by atoms with Crippen LogP contribution in [-0.4, -0.2) is 51.1 Å². The summed E-state index contributed by atoms with van der Waals surface area (Å²) in [6.45, 7) is 7.80. The Morgan fingerprint density at radius 2 is 2.03 bits per heavy atom. The zero-order chi connectivity index (χ0) is 20.8. The Labute approximate surface area is 176 Å². The van der Waals surface area contributed by atoms with E-state index in [4.69, 9.17) is 10.6 Å². The number of fused-ring (bicyclic) bond motifs is 2. The summed E-state index contributed by atoms with van der Waals surface area (Å²) >= 11 is 1.34. The zero-order valence-corrected chi connectivity index (χ0v) is 18.3. The molecule has 2 heterocycles. The molecule has 2 N–H and O–H groups in total. The van der Waals surface area contributed by atoms with Crippen LogP contribution in [0.4, 0.5) is 0 Å². The van der Waals surface area contributed by atoms with E-state index in [9.17, 15) is 4.79 Å². The summed E-state index contributed by atoms with van der Waals surface area (Å²) in [4.78, 5) is 15.1. The van der Waals surface area contributed by atoms with E-state index in [1.54, 1.807) is 7.11 Å². The van der Waals surface area contributed by atoms with Gasteiger partial charge in [-0.15, -0.1) is 10.2 Å². The molecule has 0 spiro atoms. The molecule has 1 aromatic heterocycles. The van der Waals surface area contributed by atoms with Crippen LogP contribution in [0.3, 0.4) is 0 Å². The Morgan fingerprint density at radius 3 is 2.79 bits per heavy atom. The Bertz CT molecular complexity index is 928. The predicted molar refractivity (Wildman–Crippen MR) is 114 cm³/mol. The molecule has 1 aliphatic carbocycles. The largest absolute Gasteiger partial charge is 0.496 e. The minimum Gasteiger partial charge on any atom is -0.496 e. The van der Waals surface area contributed by atoms with Crippen LogP contribution < -0.4 is 10.6 Å². The van der Waals surface area contributed by atoms with Crippen molar-refractivity contribution >= 4 is 17.7 Å². The summed E-state index contributed by atoms with van der Waals surface area (Å²) in [5.41, 5.74) is 1.30. The monoisotopic (exact) mass is 415 g/mol. The highest BCUT2D eigenvalue weighted by molar-refractivity contribution is 7.99. The van der Waals surface area contributed by atoms with Crippen molar-refractivity contribution in [3.63, 3.8) is 0 Å². The summed E-state index contributed by atoms with van der Waals surface area (Å²) in [5.74, 6) is 7.90. The molecule has 4 rings (SSSR count). The van der Waals surface area contributed by atoms with Gasteiger partial charge in [-0.3, -0.25) is 4.79 Å². The summed E-state index contributed by atoms with van der Waals surface area (Å²) < 4.78 is 6.82. The molecule has 2 atom stereocenters. The molecule has 1 aromatic carbocycles. The number of thioether (sulfide) groups is 1. The maximum Gasteiger partial charge on any atom is 0.233 e. The van der Waals surface area contributed by atoms with Crippen LogP contribution >= 0.6 is 11.8 Å². The molecule has 1 amide bonds. The molecule has 2 unspecified atom stereocenters. The molecule has 29 heavy (non-hydrogen) atoms. The van der Waals surface area contributed by atoms with Crippen molar-refractivity contribution in [3.8, 4) is 17.1 Å². The lowest BCUT2D eigenvalue weighted by Crippen LogP contribution is -2.38. The highest BCUT2D eigenvalue weighted by atomic mass is 32.2. The van der Waals surface area contributed by atoms with Crippen molar-refractivity contribution in [2.75, 3.05) is 25.3 Å². The lowest BCUT2D eigenvalue weighted by atomic mass is 9.65. The number of likely N-dealkylation sites (tertiary alicyclic amines) is 1. The Morgan fingerprint density at radius 1 is 1.28 bits per heavy atom. The number of amides is 1. The SMILES string of the molecule is COc1ccccc1-c1nnc(SCC(=O)N2CC3(C)CC2CC(C)(C)C3)n1N. The van der Waals surface area contributed by atoms with Crippen LogP contribution in [-0.2, 0) is 4.79 Å². The lowest BCUT2D eigenvalue weighted by Gasteiger charge is -2.39. The van der Waals surface area contributed by atoms with Crippen molar-refractivity contribution in [1.82, 2.24) is 19.8 Å². The first-order valence-electron chi connectivity index (χ1n) is 9.98. The third-order valence-corrected chi connectivity index (χ3v) is 7.00. The van der Waals surface area contributed by atoms with E-state index >= 15 is 0 Å². The number of hydrogen-bond acceptors (Lipinski definition) is 6. The van der Waals surface area contributed by atoms with E-state index in [1.165, 1.54) is 22.9 Å². The molecule has 8 heteroatoms. The molecular formula is C21H29N5O2S. The first-order chi connectivity index (χ1) is 13.7. The molecule has 0 radical (unpaired) electrons. The second-order valence-corrected chi connectivity index (χ2v) is 10.3. The van der Waals surface area contributed by atoms with Gasteiger partial charge in [0.05, 0.1) is 18.4 Å². The number of methoxy groups -OCH3 is 1. The highest BCUT2D eigenvalue weighted by Gasteiger charge is 2.50. The van der Waals surface area contributed by atoms with E-state index in [0.717, 1.165) is 24.9 Å². The first-order valence-corrected chi connectivity index (χ1v) is 11.0. The molecule has 2 fully saturated rings. The van der Waals surface area contributed by atoms with Gasteiger partial charge >= 0.3 is 0 Å². The third kappa shape index (κ3) is 3.82. The van der Waals surface area contributed by atoms with Crippen LogP contribution in [0.5, 0.6) is 5.75 Å². The van der Waals surface area contributed by atoms with Gasteiger partial charge in [-0.2, -0.15) is 0 Å². The van der Waals surface area contributed by atoms with Crippen molar-refractivity contribution < 1.29 is 9.53 Å². The molecule has 1 aliphatic heterocycles. The molecule has 156 valence electrons. The fourth-order valence-corrected chi connectivity index (χ4v) is 6.09. The van der Waals surface area contributed by atoms with Crippen molar-refractivity contribution in [1.29, 1.82) is 0 Å². The van der Waals surface area contributed by atoms with Gasteiger partial charge in [0.15, 0.2) is 5.82 Å². The van der Waals surface area contributed by atoms with Crippen LogP contribution in [0.15, 0.2) is 29.4 Å². The smallest absolute Gasteiger partial charge is 0.233 e. The van der Waals surface area contributed by atoms with Gasteiger partial charge in [0.1, 0.15) is 5.75 Å². The normalized spacial score (nSPS) is 25.2. The van der Waals surface area contributed by atoms with Crippen LogP contribution in [0.1, 0.15) is 40.0 Å². The number of aromatic nitrogens is 3. The fourth-order valence-electron chi connectivity index (χ4n) is 5.35. The molecule has 2 aromatic rings. The maximum absolute atomic E-state index is 13.0. The average molecular weight is 416 g/mol. The number of para-hydroxylation sites is 1. The number of nitrogen functional groups attached to an aromatic ring is 1.